The second kappa shape index (κ2) is 17.5. The first kappa shape index (κ1) is 37.4. The molecule has 11 heteroatoms. The maximum absolute atomic E-state index is 13.2. The summed E-state index contributed by atoms with van der Waals surface area (Å²) in [7, 11) is 1.75. The number of benzene rings is 4. The molecule has 0 aromatic heterocycles. The van der Waals surface area contributed by atoms with E-state index in [0.29, 0.717) is 19.1 Å². The smallest absolute Gasteiger partial charge is 0.408 e. The molecule has 0 saturated carbocycles. The molecule has 282 valence electrons. The SMILES string of the molecule is COCC1CCCN1CC1CC(c2ccc(CO)cc2)OC(c2cccc(-c3cccc(CN4C(=O)CC(NC(=O)OCc5ccccc5)C4=O)c3)c2)O1. The molecular weight excluding hydrogens is 686 g/mol. The Balaban J connectivity index is 1.04. The Bertz CT molecular complexity index is 1900. The van der Waals surface area contributed by atoms with Crippen molar-refractivity contribution in [2.24, 2.45) is 0 Å². The van der Waals surface area contributed by atoms with Crippen LogP contribution in [0.4, 0.5) is 4.79 Å². The average molecular weight is 734 g/mol. The maximum Gasteiger partial charge on any atom is 0.408 e. The number of hydrogen-bond donors (Lipinski definition) is 2. The summed E-state index contributed by atoms with van der Waals surface area (Å²) in [6.07, 6.45) is 1.19. The Labute approximate surface area is 315 Å². The van der Waals surface area contributed by atoms with E-state index in [4.69, 9.17) is 18.9 Å². The molecule has 7 rings (SSSR count). The van der Waals surface area contributed by atoms with Crippen LogP contribution < -0.4 is 5.32 Å². The third kappa shape index (κ3) is 9.06. The standard InChI is InChI=1S/C43H47N3O8/c1-51-28-36-14-7-19-45(36)25-37-22-39(32-17-15-29(26-47)16-18-32)54-42(53-37)35-13-6-12-34(21-35)33-11-5-10-31(20-33)24-46-40(48)23-38(41(46)49)44-43(50)52-27-30-8-3-2-4-9-30/h2-6,8-13,15-18,20-21,36-39,42,47H,7,14,19,22-28H2,1H3,(H,44,50). The molecule has 0 bridgehead atoms. The van der Waals surface area contributed by atoms with Gasteiger partial charge in [0, 0.05) is 31.7 Å². The summed E-state index contributed by atoms with van der Waals surface area (Å²) in [5, 5.41) is 12.2. The minimum absolute atomic E-state index is 0.0155. The molecule has 11 nitrogen and oxygen atoms in total. The number of aliphatic hydroxyl groups excluding tert-OH is 1. The molecular formula is C43H47N3O8. The minimum Gasteiger partial charge on any atom is -0.445 e. The fourth-order valence-electron chi connectivity index (χ4n) is 7.58. The summed E-state index contributed by atoms with van der Waals surface area (Å²) in [5.74, 6) is -0.821. The number of carbonyl (C=O) groups is 3. The number of methoxy groups -OCH3 is 1. The van der Waals surface area contributed by atoms with Gasteiger partial charge in [0.1, 0.15) is 12.6 Å². The Kier molecular flexibility index (Phi) is 12.1. The zero-order valence-corrected chi connectivity index (χ0v) is 30.5. The number of aliphatic hydroxyl groups is 1. The number of carbonyl (C=O) groups excluding carboxylic acids is 3. The first-order valence-electron chi connectivity index (χ1n) is 18.6. The number of nitrogens with one attached hydrogen (secondary N) is 1. The van der Waals surface area contributed by atoms with Gasteiger partial charge in [-0.25, -0.2) is 4.79 Å². The number of ether oxygens (including phenoxy) is 4. The molecule has 5 unspecified atom stereocenters. The molecule has 3 heterocycles. The van der Waals surface area contributed by atoms with Crippen molar-refractivity contribution in [2.45, 2.75) is 76.0 Å². The van der Waals surface area contributed by atoms with E-state index in [1.54, 1.807) is 7.11 Å². The minimum atomic E-state index is -0.979. The van der Waals surface area contributed by atoms with E-state index in [1.165, 1.54) is 4.90 Å². The average Bonchev–Trinajstić information content (AvgIpc) is 3.75. The highest BCUT2D eigenvalue weighted by atomic mass is 16.7. The van der Waals surface area contributed by atoms with Gasteiger partial charge in [0.25, 0.3) is 5.91 Å². The molecule has 4 aromatic carbocycles. The van der Waals surface area contributed by atoms with Crippen molar-refractivity contribution in [1.82, 2.24) is 15.1 Å². The van der Waals surface area contributed by atoms with Gasteiger partial charge >= 0.3 is 6.09 Å². The molecule has 4 aromatic rings. The molecule has 54 heavy (non-hydrogen) atoms. The zero-order chi connectivity index (χ0) is 37.4. The van der Waals surface area contributed by atoms with Gasteiger partial charge < -0.3 is 29.4 Å². The number of alkyl carbamates (subject to hydrolysis) is 1. The lowest BCUT2D eigenvalue weighted by atomic mass is 9.98. The van der Waals surface area contributed by atoms with Crippen molar-refractivity contribution in [1.29, 1.82) is 0 Å². The number of rotatable bonds is 13. The summed E-state index contributed by atoms with van der Waals surface area (Å²) in [6.45, 7) is 2.61. The van der Waals surface area contributed by atoms with Gasteiger partial charge in [0.05, 0.1) is 38.4 Å². The Morgan fingerprint density at radius 2 is 1.63 bits per heavy atom. The van der Waals surface area contributed by atoms with Crippen molar-refractivity contribution in [3.05, 3.63) is 131 Å². The molecule has 0 radical (unpaired) electrons. The molecule has 0 spiro atoms. The topological polar surface area (TPSA) is 127 Å². The van der Waals surface area contributed by atoms with Gasteiger partial charge in [0.15, 0.2) is 6.29 Å². The highest BCUT2D eigenvalue weighted by Gasteiger charge is 2.40. The Morgan fingerprint density at radius 3 is 2.41 bits per heavy atom. The van der Waals surface area contributed by atoms with Crippen LogP contribution in [0, 0.1) is 0 Å². The van der Waals surface area contributed by atoms with Crippen LogP contribution in [0.1, 0.15) is 65.9 Å². The molecule has 3 fully saturated rings. The van der Waals surface area contributed by atoms with E-state index in [1.807, 2.05) is 97.1 Å². The first-order valence-corrected chi connectivity index (χ1v) is 18.6. The van der Waals surface area contributed by atoms with E-state index in [2.05, 4.69) is 16.3 Å². The molecule has 3 aliphatic rings. The molecule has 3 saturated heterocycles. The van der Waals surface area contributed by atoms with Gasteiger partial charge in [-0.2, -0.15) is 0 Å². The monoisotopic (exact) mass is 733 g/mol. The number of nitrogens with zero attached hydrogens (tertiary/aromatic N) is 2. The van der Waals surface area contributed by atoms with Crippen LogP contribution >= 0.6 is 0 Å². The molecule has 3 amide bonds. The first-order chi connectivity index (χ1) is 26.4. The third-order valence-electron chi connectivity index (χ3n) is 10.4. The highest BCUT2D eigenvalue weighted by molar-refractivity contribution is 6.06. The fraction of sp³-hybridized carbons (Fsp3) is 0.372. The van der Waals surface area contributed by atoms with E-state index in [9.17, 15) is 19.5 Å². The normalized spacial score (nSPS) is 23.1. The lowest BCUT2D eigenvalue weighted by Crippen LogP contribution is -2.42. The predicted molar refractivity (Wildman–Crippen MR) is 200 cm³/mol. The van der Waals surface area contributed by atoms with Gasteiger partial charge in [-0.05, 0) is 64.9 Å². The van der Waals surface area contributed by atoms with Crippen LogP contribution in [0.5, 0.6) is 0 Å². The number of likely N-dealkylation sites (tertiary alicyclic amines) is 2. The van der Waals surface area contributed by atoms with Crippen molar-refractivity contribution in [3.8, 4) is 11.1 Å². The van der Waals surface area contributed by atoms with Crippen LogP contribution in [-0.4, -0.2) is 77.8 Å². The summed E-state index contributed by atoms with van der Waals surface area (Å²) in [6, 6.07) is 32.3. The number of imide groups is 1. The van der Waals surface area contributed by atoms with E-state index < -0.39 is 24.3 Å². The molecule has 2 N–H and O–H groups in total. The van der Waals surface area contributed by atoms with Gasteiger partial charge in [-0.3, -0.25) is 19.4 Å². The summed E-state index contributed by atoms with van der Waals surface area (Å²) in [5.41, 5.74) is 6.22. The van der Waals surface area contributed by atoms with Crippen molar-refractivity contribution in [3.63, 3.8) is 0 Å². The highest BCUT2D eigenvalue weighted by Crippen LogP contribution is 2.39. The van der Waals surface area contributed by atoms with E-state index >= 15 is 0 Å². The van der Waals surface area contributed by atoms with Gasteiger partial charge in [0.2, 0.25) is 5.91 Å². The van der Waals surface area contributed by atoms with E-state index in [-0.39, 0.29) is 44.3 Å². The second-order valence-corrected chi connectivity index (χ2v) is 14.2. The van der Waals surface area contributed by atoms with Crippen LogP contribution in [-0.2, 0) is 48.3 Å². The summed E-state index contributed by atoms with van der Waals surface area (Å²) in [4.78, 5) is 42.3. The largest absolute Gasteiger partial charge is 0.445 e. The van der Waals surface area contributed by atoms with Gasteiger partial charge in [-0.15, -0.1) is 0 Å². The summed E-state index contributed by atoms with van der Waals surface area (Å²) < 4.78 is 24.1. The molecule has 5 atom stereocenters. The maximum atomic E-state index is 13.2. The number of hydrogen-bond acceptors (Lipinski definition) is 9. The quantitative estimate of drug-likeness (QED) is 0.158. The Morgan fingerprint density at radius 1 is 0.870 bits per heavy atom. The summed E-state index contributed by atoms with van der Waals surface area (Å²) >= 11 is 0. The fourth-order valence-corrected chi connectivity index (χ4v) is 7.58. The van der Waals surface area contributed by atoms with Crippen molar-refractivity contribution >= 4 is 17.9 Å². The number of amides is 3. The van der Waals surface area contributed by atoms with Crippen LogP contribution in [0.25, 0.3) is 11.1 Å². The van der Waals surface area contributed by atoms with Crippen molar-refractivity contribution in [2.75, 3.05) is 26.8 Å². The Hall–Kier alpha value is -4.91. The molecule has 3 aliphatic heterocycles. The second-order valence-electron chi connectivity index (χ2n) is 14.2. The van der Waals surface area contributed by atoms with Crippen LogP contribution in [0.3, 0.4) is 0 Å². The van der Waals surface area contributed by atoms with Crippen molar-refractivity contribution < 1.29 is 38.4 Å². The lowest BCUT2D eigenvalue weighted by molar-refractivity contribution is -0.253. The predicted octanol–water partition coefficient (Wildman–Crippen LogP) is 6.06. The lowest BCUT2D eigenvalue weighted by Gasteiger charge is -2.39. The van der Waals surface area contributed by atoms with E-state index in [0.717, 1.165) is 64.9 Å². The van der Waals surface area contributed by atoms with Crippen LogP contribution in [0.2, 0.25) is 0 Å². The van der Waals surface area contributed by atoms with Crippen LogP contribution in [0.15, 0.2) is 103 Å². The molecule has 0 aliphatic carbocycles. The zero-order valence-electron chi connectivity index (χ0n) is 30.5. The van der Waals surface area contributed by atoms with Gasteiger partial charge in [-0.1, -0.05) is 91.0 Å². The third-order valence-corrected chi connectivity index (χ3v) is 10.4.